The highest BCUT2D eigenvalue weighted by molar-refractivity contribution is 7.87. The molecule has 19 heavy (non-hydrogen) atoms. The van der Waals surface area contributed by atoms with Crippen LogP contribution in [0.5, 0.6) is 0 Å². The van der Waals surface area contributed by atoms with Gasteiger partial charge in [0.1, 0.15) is 6.04 Å². The summed E-state index contributed by atoms with van der Waals surface area (Å²) in [5.74, 6) is 0. The number of nitrogens with zero attached hydrogens (tertiary/aromatic N) is 2. The predicted octanol–water partition coefficient (Wildman–Crippen LogP) is 1.81. The second kappa shape index (κ2) is 5.04. The van der Waals surface area contributed by atoms with Crippen LogP contribution in [0.2, 0.25) is 0 Å². The minimum atomic E-state index is -4.38. The summed E-state index contributed by atoms with van der Waals surface area (Å²) in [7, 11) is -4.38. The van der Waals surface area contributed by atoms with Gasteiger partial charge < -0.3 is 5.73 Å². The smallest absolute Gasteiger partial charge is 0.291 e. The Morgan fingerprint density at radius 1 is 1.16 bits per heavy atom. The first-order valence-electron chi connectivity index (χ1n) is 5.51. The second-order valence-corrected chi connectivity index (χ2v) is 5.75. The molecule has 100 valence electrons. The summed E-state index contributed by atoms with van der Waals surface area (Å²) in [6, 6.07) is 8.73. The Bertz CT molecular complexity index is 621. The van der Waals surface area contributed by atoms with Crippen molar-refractivity contribution in [3.05, 3.63) is 54.6 Å². The molecule has 0 atom stereocenters. The van der Waals surface area contributed by atoms with Crippen LogP contribution in [-0.4, -0.2) is 23.9 Å². The molecule has 0 radical (unpaired) electrons. The van der Waals surface area contributed by atoms with E-state index in [4.69, 9.17) is 10.3 Å². The number of hydrogen-bond acceptors (Lipinski definition) is 5. The summed E-state index contributed by atoms with van der Waals surface area (Å²) < 4.78 is 31.1. The third-order valence-corrected chi connectivity index (χ3v) is 3.78. The summed E-state index contributed by atoms with van der Waals surface area (Å²) >= 11 is 0. The quantitative estimate of drug-likeness (QED) is 0.500. The van der Waals surface area contributed by atoms with Crippen LogP contribution in [0.25, 0.3) is 0 Å². The van der Waals surface area contributed by atoms with E-state index in [1.54, 1.807) is 12.1 Å². The van der Waals surface area contributed by atoms with Gasteiger partial charge >= 0.3 is 0 Å². The van der Waals surface area contributed by atoms with Gasteiger partial charge in [-0.2, -0.15) is 18.6 Å². The highest BCUT2D eigenvalue weighted by Gasteiger charge is 2.35. The zero-order valence-electron chi connectivity index (χ0n) is 9.92. The normalized spacial score (nSPS) is 26.9. The number of benzene rings is 1. The molecule has 0 aliphatic heterocycles. The van der Waals surface area contributed by atoms with Crippen LogP contribution in [0.15, 0.2) is 64.9 Å². The van der Waals surface area contributed by atoms with Crippen LogP contribution in [0.4, 0.5) is 5.69 Å². The van der Waals surface area contributed by atoms with Crippen LogP contribution < -0.4 is 5.73 Å². The Labute approximate surface area is 111 Å². The fraction of sp³-hybridized carbons (Fsp3) is 0.167. The van der Waals surface area contributed by atoms with Crippen LogP contribution in [0.3, 0.4) is 0 Å². The fourth-order valence-electron chi connectivity index (χ4n) is 1.49. The summed E-state index contributed by atoms with van der Waals surface area (Å²) in [4.78, 5) is -1.88. The maximum atomic E-state index is 11.1. The van der Waals surface area contributed by atoms with E-state index < -0.39 is 21.0 Å². The molecule has 0 unspecified atom stereocenters. The van der Waals surface area contributed by atoms with Crippen molar-refractivity contribution in [2.45, 2.75) is 10.9 Å². The van der Waals surface area contributed by atoms with Crippen molar-refractivity contribution in [2.75, 3.05) is 0 Å². The average Bonchev–Trinajstić information content (AvgIpc) is 2.38. The molecule has 1 aromatic carbocycles. The molecule has 1 aliphatic carbocycles. The summed E-state index contributed by atoms with van der Waals surface area (Å²) in [6.07, 6.45) is 5.33. The molecular formula is C12H13N3O3S. The Balaban J connectivity index is 2.11. The lowest BCUT2D eigenvalue weighted by Crippen LogP contribution is -2.45. The van der Waals surface area contributed by atoms with Gasteiger partial charge in [0, 0.05) is 0 Å². The van der Waals surface area contributed by atoms with Crippen LogP contribution in [0.1, 0.15) is 0 Å². The molecule has 3 N–H and O–H groups in total. The Hall–Kier alpha value is -1.83. The maximum Gasteiger partial charge on any atom is 0.291 e. The molecule has 0 heterocycles. The number of hydrogen-bond donors (Lipinski definition) is 2. The van der Waals surface area contributed by atoms with Crippen LogP contribution >= 0.6 is 0 Å². The first kappa shape index (κ1) is 13.6. The molecule has 0 bridgehead atoms. The molecule has 0 amide bonds. The number of nitrogens with two attached hydrogens (primary N) is 1. The maximum absolute atomic E-state index is 11.1. The molecule has 0 spiro atoms. The Morgan fingerprint density at radius 2 is 1.74 bits per heavy atom. The van der Waals surface area contributed by atoms with Crippen molar-refractivity contribution in [3.8, 4) is 0 Å². The van der Waals surface area contributed by atoms with Crippen molar-refractivity contribution in [1.82, 2.24) is 0 Å². The van der Waals surface area contributed by atoms with E-state index >= 15 is 0 Å². The lowest BCUT2D eigenvalue weighted by molar-refractivity contribution is 0.462. The van der Waals surface area contributed by atoms with Gasteiger partial charge in [0.05, 0.1) is 5.69 Å². The van der Waals surface area contributed by atoms with Gasteiger partial charge in [-0.05, 0) is 24.3 Å². The van der Waals surface area contributed by atoms with E-state index in [1.165, 1.54) is 24.3 Å². The molecular weight excluding hydrogens is 266 g/mol. The molecule has 6 nitrogen and oxygen atoms in total. The minimum absolute atomic E-state index is 0.404. The van der Waals surface area contributed by atoms with Crippen molar-refractivity contribution in [3.63, 3.8) is 0 Å². The van der Waals surface area contributed by atoms with Crippen LogP contribution in [0, 0.1) is 0 Å². The van der Waals surface area contributed by atoms with Gasteiger partial charge in [-0.25, -0.2) is 0 Å². The topological polar surface area (TPSA) is 105 Å². The largest absolute Gasteiger partial charge is 0.304 e. The fourth-order valence-corrected chi connectivity index (χ4v) is 2.00. The van der Waals surface area contributed by atoms with Gasteiger partial charge in [0.15, 0.2) is 4.87 Å². The van der Waals surface area contributed by atoms with Crippen molar-refractivity contribution < 1.29 is 13.0 Å². The van der Waals surface area contributed by atoms with Crippen LogP contribution in [-0.2, 0) is 10.1 Å². The third-order valence-electron chi connectivity index (χ3n) is 2.62. The highest BCUT2D eigenvalue weighted by atomic mass is 32.2. The second-order valence-electron chi connectivity index (χ2n) is 4.09. The lowest BCUT2D eigenvalue weighted by Gasteiger charge is -2.21. The minimum Gasteiger partial charge on any atom is -0.304 e. The SMILES string of the molecule is NC1(S(=O)(=O)O)C=CC(N=Nc2ccccc2)C=C1. The molecule has 1 aromatic rings. The average molecular weight is 279 g/mol. The van der Waals surface area contributed by atoms with Crippen molar-refractivity contribution >= 4 is 15.8 Å². The van der Waals surface area contributed by atoms with Gasteiger partial charge in [-0.1, -0.05) is 30.4 Å². The van der Waals surface area contributed by atoms with E-state index in [2.05, 4.69) is 10.2 Å². The standard InChI is InChI=1S/C12H13N3O3S/c13-12(19(16,17)18)8-6-11(7-9-12)15-14-10-4-2-1-3-5-10/h1-9,11H,13H2,(H,16,17,18). The van der Waals surface area contributed by atoms with Gasteiger partial charge in [0.25, 0.3) is 10.1 Å². The van der Waals surface area contributed by atoms with E-state index in [9.17, 15) is 8.42 Å². The first-order chi connectivity index (χ1) is 8.91. The predicted molar refractivity (Wildman–Crippen MR) is 71.5 cm³/mol. The van der Waals surface area contributed by atoms with E-state index in [0.717, 1.165) is 0 Å². The highest BCUT2D eigenvalue weighted by Crippen LogP contribution is 2.20. The molecule has 0 saturated heterocycles. The summed E-state index contributed by atoms with van der Waals surface area (Å²) in [5.41, 5.74) is 6.22. The monoisotopic (exact) mass is 279 g/mol. The molecule has 0 saturated carbocycles. The number of rotatable bonds is 3. The zero-order chi connectivity index (χ0) is 13.9. The summed E-state index contributed by atoms with van der Waals surface area (Å²) in [6.45, 7) is 0. The zero-order valence-corrected chi connectivity index (χ0v) is 10.7. The first-order valence-corrected chi connectivity index (χ1v) is 6.95. The Kier molecular flexibility index (Phi) is 3.61. The molecule has 7 heteroatoms. The molecule has 0 aromatic heterocycles. The molecule has 1 aliphatic rings. The van der Waals surface area contributed by atoms with E-state index in [1.807, 2.05) is 18.2 Å². The van der Waals surface area contributed by atoms with Gasteiger partial charge in [-0.3, -0.25) is 4.55 Å². The lowest BCUT2D eigenvalue weighted by atomic mass is 10.1. The van der Waals surface area contributed by atoms with E-state index in [0.29, 0.717) is 5.69 Å². The number of azo groups is 1. The Morgan fingerprint density at radius 3 is 2.26 bits per heavy atom. The van der Waals surface area contributed by atoms with Gasteiger partial charge in [0.2, 0.25) is 0 Å². The van der Waals surface area contributed by atoms with Crippen molar-refractivity contribution in [1.29, 1.82) is 0 Å². The van der Waals surface area contributed by atoms with Gasteiger partial charge in [-0.15, -0.1) is 0 Å². The molecule has 0 fully saturated rings. The summed E-state index contributed by atoms with van der Waals surface area (Å²) in [5, 5.41) is 8.03. The van der Waals surface area contributed by atoms with E-state index in [-0.39, 0.29) is 0 Å². The third kappa shape index (κ3) is 3.14. The molecule has 2 rings (SSSR count). The van der Waals surface area contributed by atoms with Crippen molar-refractivity contribution in [2.24, 2.45) is 16.0 Å².